The maximum Gasteiger partial charge on any atom is 0.258 e. The number of nitriles is 1. The molecular formula is C24H33N7O. The molecule has 1 saturated heterocycles. The van der Waals surface area contributed by atoms with E-state index in [0.717, 1.165) is 60.9 Å². The molecule has 0 radical (unpaired) electrons. The van der Waals surface area contributed by atoms with E-state index in [2.05, 4.69) is 36.8 Å². The molecule has 0 unspecified atom stereocenters. The SMILES string of the molecule is CN1CN([C@H]2CC[C@H](CN3CCN(CCC#N)CC3)CC2)c2c(cnc3[nH]ccc23)C1=O. The van der Waals surface area contributed by atoms with E-state index < -0.39 is 0 Å². The number of rotatable bonds is 5. The number of H-pyrrole nitrogens is 1. The van der Waals surface area contributed by atoms with Gasteiger partial charge < -0.3 is 19.7 Å². The highest BCUT2D eigenvalue weighted by Gasteiger charge is 2.35. The van der Waals surface area contributed by atoms with Crippen molar-refractivity contribution >= 4 is 22.6 Å². The standard InChI is InChI=1S/C24H33N7O/c1-28-17-31(22-20-7-9-26-23(20)27-15-21(22)24(28)32)19-5-3-18(4-6-19)16-30-13-11-29(12-14-30)10-2-8-25/h7,9,15,18-19H,2-6,10-14,16-17H2,1H3,(H,26,27)/t18-,19-. The Hall–Kier alpha value is -2.63. The van der Waals surface area contributed by atoms with E-state index in [4.69, 9.17) is 5.26 Å². The van der Waals surface area contributed by atoms with Crippen molar-refractivity contribution in [2.45, 2.75) is 38.1 Å². The predicted molar refractivity (Wildman–Crippen MR) is 124 cm³/mol. The summed E-state index contributed by atoms with van der Waals surface area (Å²) in [6, 6.07) is 4.77. The summed E-state index contributed by atoms with van der Waals surface area (Å²) in [6.07, 6.45) is 9.10. The number of nitrogens with zero attached hydrogens (tertiary/aromatic N) is 6. The molecular weight excluding hydrogens is 402 g/mol. The number of amides is 1. The molecule has 1 N–H and O–H groups in total. The van der Waals surface area contributed by atoms with Gasteiger partial charge in [0.05, 0.1) is 24.0 Å². The Balaban J connectivity index is 1.21. The van der Waals surface area contributed by atoms with Gasteiger partial charge in [-0.05, 0) is 37.7 Å². The van der Waals surface area contributed by atoms with Gasteiger partial charge in [0, 0.05) is 76.6 Å². The highest BCUT2D eigenvalue weighted by atomic mass is 16.2. The number of carbonyl (C=O) groups excluding carboxylic acids is 1. The van der Waals surface area contributed by atoms with Gasteiger partial charge in [-0.1, -0.05) is 0 Å². The van der Waals surface area contributed by atoms with Crippen molar-refractivity contribution in [3.05, 3.63) is 24.0 Å². The third-order valence-electron chi connectivity index (χ3n) is 7.57. The van der Waals surface area contributed by atoms with Crippen LogP contribution >= 0.6 is 0 Å². The molecule has 2 aromatic rings. The van der Waals surface area contributed by atoms with Crippen LogP contribution in [-0.2, 0) is 0 Å². The van der Waals surface area contributed by atoms with Crippen molar-refractivity contribution < 1.29 is 4.79 Å². The Morgan fingerprint density at radius 1 is 1.16 bits per heavy atom. The second-order valence-corrected chi connectivity index (χ2v) is 9.60. The second kappa shape index (κ2) is 9.08. The van der Waals surface area contributed by atoms with Gasteiger partial charge in [-0.2, -0.15) is 5.26 Å². The summed E-state index contributed by atoms with van der Waals surface area (Å²) < 4.78 is 0. The van der Waals surface area contributed by atoms with E-state index in [1.807, 2.05) is 18.1 Å². The van der Waals surface area contributed by atoms with Crippen LogP contribution in [0.4, 0.5) is 5.69 Å². The molecule has 170 valence electrons. The highest BCUT2D eigenvalue weighted by molar-refractivity contribution is 6.08. The lowest BCUT2D eigenvalue weighted by Gasteiger charge is -2.44. The number of hydrogen-bond donors (Lipinski definition) is 1. The fourth-order valence-corrected chi connectivity index (χ4v) is 5.73. The molecule has 0 spiro atoms. The Kier molecular flexibility index (Phi) is 6.03. The van der Waals surface area contributed by atoms with Crippen LogP contribution in [0, 0.1) is 17.2 Å². The monoisotopic (exact) mass is 435 g/mol. The van der Waals surface area contributed by atoms with Crippen molar-refractivity contribution in [3.63, 3.8) is 0 Å². The van der Waals surface area contributed by atoms with Gasteiger partial charge in [0.15, 0.2) is 0 Å². The molecule has 4 heterocycles. The molecule has 5 rings (SSSR count). The first kappa shape index (κ1) is 21.2. The zero-order valence-electron chi connectivity index (χ0n) is 19.0. The average Bonchev–Trinajstić information content (AvgIpc) is 3.30. The molecule has 2 aromatic heterocycles. The quantitative estimate of drug-likeness (QED) is 0.777. The highest BCUT2D eigenvalue weighted by Crippen LogP contribution is 2.38. The average molecular weight is 436 g/mol. The summed E-state index contributed by atoms with van der Waals surface area (Å²) in [5.74, 6) is 0.819. The van der Waals surface area contributed by atoms with Crippen LogP contribution in [0.5, 0.6) is 0 Å². The van der Waals surface area contributed by atoms with Crippen LogP contribution in [-0.4, -0.2) is 89.6 Å². The Bertz CT molecular complexity index is 995. The molecule has 32 heavy (non-hydrogen) atoms. The summed E-state index contributed by atoms with van der Waals surface area (Å²) in [4.78, 5) is 29.8. The van der Waals surface area contributed by atoms with Gasteiger partial charge in [-0.3, -0.25) is 9.69 Å². The minimum Gasteiger partial charge on any atom is -0.349 e. The Morgan fingerprint density at radius 3 is 2.66 bits per heavy atom. The zero-order chi connectivity index (χ0) is 22.1. The smallest absolute Gasteiger partial charge is 0.258 e. The van der Waals surface area contributed by atoms with E-state index in [1.165, 1.54) is 32.2 Å². The second-order valence-electron chi connectivity index (χ2n) is 9.60. The molecule has 1 aliphatic carbocycles. The summed E-state index contributed by atoms with van der Waals surface area (Å²) in [5.41, 5.74) is 2.65. The van der Waals surface area contributed by atoms with E-state index in [9.17, 15) is 4.79 Å². The summed E-state index contributed by atoms with van der Waals surface area (Å²) in [6.45, 7) is 7.17. The predicted octanol–water partition coefficient (Wildman–Crippen LogP) is 2.50. The number of hydrogen-bond acceptors (Lipinski definition) is 6. The van der Waals surface area contributed by atoms with Crippen molar-refractivity contribution in [1.29, 1.82) is 5.26 Å². The van der Waals surface area contributed by atoms with Gasteiger partial charge in [0.25, 0.3) is 5.91 Å². The van der Waals surface area contributed by atoms with E-state index in [1.54, 1.807) is 6.20 Å². The number of anilines is 1. The summed E-state index contributed by atoms with van der Waals surface area (Å²) in [7, 11) is 1.89. The molecule has 2 aliphatic heterocycles. The van der Waals surface area contributed by atoms with Gasteiger partial charge in [0.1, 0.15) is 5.65 Å². The topological polar surface area (TPSA) is 82.5 Å². The normalized spacial score (nSPS) is 25.2. The maximum atomic E-state index is 12.8. The first-order chi connectivity index (χ1) is 15.6. The number of pyridine rings is 1. The van der Waals surface area contributed by atoms with Gasteiger partial charge in [-0.15, -0.1) is 0 Å². The number of piperazine rings is 1. The molecule has 0 aromatic carbocycles. The Morgan fingerprint density at radius 2 is 1.91 bits per heavy atom. The molecule has 8 heteroatoms. The van der Waals surface area contributed by atoms with Crippen LogP contribution < -0.4 is 4.90 Å². The van der Waals surface area contributed by atoms with E-state index in [-0.39, 0.29) is 5.91 Å². The van der Waals surface area contributed by atoms with Crippen LogP contribution in [0.3, 0.4) is 0 Å². The molecule has 2 fully saturated rings. The lowest BCUT2D eigenvalue weighted by molar-refractivity contribution is 0.0771. The zero-order valence-corrected chi connectivity index (χ0v) is 19.0. The number of fused-ring (bicyclic) bond motifs is 3. The maximum absolute atomic E-state index is 12.8. The van der Waals surface area contributed by atoms with Gasteiger partial charge in [-0.25, -0.2) is 4.98 Å². The van der Waals surface area contributed by atoms with E-state index in [0.29, 0.717) is 19.1 Å². The van der Waals surface area contributed by atoms with Gasteiger partial charge in [0.2, 0.25) is 0 Å². The fraction of sp³-hybridized carbons (Fsp3) is 0.625. The van der Waals surface area contributed by atoms with Crippen molar-refractivity contribution in [1.82, 2.24) is 24.7 Å². The third-order valence-corrected chi connectivity index (χ3v) is 7.57. The number of aromatic amines is 1. The molecule has 0 bridgehead atoms. The van der Waals surface area contributed by atoms with Crippen LogP contribution in [0.15, 0.2) is 18.5 Å². The largest absolute Gasteiger partial charge is 0.349 e. The minimum absolute atomic E-state index is 0.0643. The van der Waals surface area contributed by atoms with Crippen molar-refractivity contribution in [2.75, 3.05) is 57.9 Å². The molecule has 8 nitrogen and oxygen atoms in total. The lowest BCUT2D eigenvalue weighted by Crippen LogP contribution is -2.51. The van der Waals surface area contributed by atoms with Crippen molar-refractivity contribution in [2.24, 2.45) is 5.92 Å². The van der Waals surface area contributed by atoms with Gasteiger partial charge >= 0.3 is 0 Å². The van der Waals surface area contributed by atoms with Crippen molar-refractivity contribution in [3.8, 4) is 6.07 Å². The fourth-order valence-electron chi connectivity index (χ4n) is 5.73. The molecule has 1 amide bonds. The minimum atomic E-state index is 0.0643. The Labute approximate surface area is 189 Å². The van der Waals surface area contributed by atoms with Crippen LogP contribution in [0.2, 0.25) is 0 Å². The molecule has 1 saturated carbocycles. The summed E-state index contributed by atoms with van der Waals surface area (Å²) in [5, 5.41) is 9.84. The first-order valence-electron chi connectivity index (χ1n) is 11.9. The lowest BCUT2D eigenvalue weighted by atomic mass is 9.84. The first-order valence-corrected chi connectivity index (χ1v) is 11.9. The molecule has 0 atom stereocenters. The van der Waals surface area contributed by atoms with Crippen LogP contribution in [0.25, 0.3) is 11.0 Å². The summed E-state index contributed by atoms with van der Waals surface area (Å²) >= 11 is 0. The number of carbonyl (C=O) groups is 1. The number of aromatic nitrogens is 2. The number of nitrogens with one attached hydrogen (secondary N) is 1. The van der Waals surface area contributed by atoms with Crippen LogP contribution in [0.1, 0.15) is 42.5 Å². The molecule has 3 aliphatic rings. The third kappa shape index (κ3) is 4.07. The van der Waals surface area contributed by atoms with E-state index >= 15 is 0 Å².